The molecule has 0 atom stereocenters. The molecule has 1 amide bonds. The van der Waals surface area contributed by atoms with Gasteiger partial charge in [0.25, 0.3) is 5.91 Å². The number of furan rings is 1. The summed E-state index contributed by atoms with van der Waals surface area (Å²) in [4.78, 5) is 21.0. The lowest BCUT2D eigenvalue weighted by atomic mass is 10.3. The molecule has 26 heavy (non-hydrogen) atoms. The molecule has 0 unspecified atom stereocenters. The Morgan fingerprint density at radius 3 is 2.81 bits per heavy atom. The summed E-state index contributed by atoms with van der Waals surface area (Å²) >= 11 is 0. The average Bonchev–Trinajstić information content (AvgIpc) is 3.15. The van der Waals surface area contributed by atoms with E-state index in [1.807, 2.05) is 38.1 Å². The zero-order valence-electron chi connectivity index (χ0n) is 14.7. The fourth-order valence-electron chi connectivity index (χ4n) is 2.38. The number of carbonyl (C=O) groups is 1. The number of ether oxygens (including phenoxy) is 1. The van der Waals surface area contributed by atoms with E-state index in [4.69, 9.17) is 9.15 Å². The molecule has 3 rings (SSSR count). The van der Waals surface area contributed by atoms with Crippen molar-refractivity contribution in [1.29, 1.82) is 0 Å². The smallest absolute Gasteiger partial charge is 0.270 e. The van der Waals surface area contributed by atoms with Crippen molar-refractivity contribution in [3.8, 4) is 5.75 Å². The summed E-state index contributed by atoms with van der Waals surface area (Å²) in [6.45, 7) is 4.57. The third-order valence-electron chi connectivity index (χ3n) is 3.52. The van der Waals surface area contributed by atoms with Gasteiger partial charge in [-0.05, 0) is 44.2 Å². The second-order valence-corrected chi connectivity index (χ2v) is 5.53. The number of nitrogens with one attached hydrogen (secondary N) is 2. The van der Waals surface area contributed by atoms with Gasteiger partial charge in [0.05, 0.1) is 25.1 Å². The Balaban J connectivity index is 1.76. The van der Waals surface area contributed by atoms with Crippen LogP contribution in [0.5, 0.6) is 5.75 Å². The molecule has 0 bridgehead atoms. The summed E-state index contributed by atoms with van der Waals surface area (Å²) in [7, 11) is 0. The zero-order chi connectivity index (χ0) is 18.4. The summed E-state index contributed by atoms with van der Waals surface area (Å²) in [5.41, 5.74) is 1.70. The first-order chi connectivity index (χ1) is 12.7. The summed E-state index contributed by atoms with van der Waals surface area (Å²) in [5.74, 6) is 1.41. The number of hydrogen-bond acceptors (Lipinski definition) is 6. The Kier molecular flexibility index (Phi) is 5.48. The first kappa shape index (κ1) is 17.5. The quantitative estimate of drug-likeness (QED) is 0.677. The molecule has 2 heterocycles. The third kappa shape index (κ3) is 4.38. The van der Waals surface area contributed by atoms with Crippen LogP contribution in [0, 0.1) is 6.92 Å². The lowest BCUT2D eigenvalue weighted by Gasteiger charge is -2.12. The first-order valence-electron chi connectivity index (χ1n) is 8.31. The van der Waals surface area contributed by atoms with Gasteiger partial charge in [-0.25, -0.2) is 9.97 Å². The number of rotatable bonds is 7. The normalized spacial score (nSPS) is 10.4. The summed E-state index contributed by atoms with van der Waals surface area (Å²) < 4.78 is 10.8. The largest absolute Gasteiger partial charge is 0.492 e. The van der Waals surface area contributed by atoms with E-state index in [9.17, 15) is 4.79 Å². The molecule has 2 N–H and O–H groups in total. The number of amides is 1. The highest BCUT2D eigenvalue weighted by Crippen LogP contribution is 2.26. The van der Waals surface area contributed by atoms with Crippen LogP contribution in [0.4, 0.5) is 11.6 Å². The van der Waals surface area contributed by atoms with Gasteiger partial charge in [0, 0.05) is 5.69 Å². The van der Waals surface area contributed by atoms with E-state index in [2.05, 4.69) is 20.6 Å². The number of nitrogens with zero attached hydrogens (tertiary/aromatic N) is 2. The Morgan fingerprint density at radius 2 is 2.04 bits per heavy atom. The zero-order valence-corrected chi connectivity index (χ0v) is 14.7. The second kappa shape index (κ2) is 8.15. The van der Waals surface area contributed by atoms with Gasteiger partial charge in [-0.2, -0.15) is 0 Å². The summed E-state index contributed by atoms with van der Waals surface area (Å²) in [6.07, 6.45) is 1.56. The average molecular weight is 352 g/mol. The molecule has 1 aromatic carbocycles. The first-order valence-corrected chi connectivity index (χ1v) is 8.31. The number of para-hydroxylation sites is 2. The highest BCUT2D eigenvalue weighted by atomic mass is 16.5. The van der Waals surface area contributed by atoms with Gasteiger partial charge in [0.2, 0.25) is 5.95 Å². The third-order valence-corrected chi connectivity index (χ3v) is 3.52. The van der Waals surface area contributed by atoms with Crippen LogP contribution in [-0.4, -0.2) is 22.5 Å². The van der Waals surface area contributed by atoms with Gasteiger partial charge in [-0.1, -0.05) is 12.1 Å². The minimum Gasteiger partial charge on any atom is -0.492 e. The number of anilines is 2. The molecule has 0 saturated carbocycles. The van der Waals surface area contributed by atoms with Crippen LogP contribution >= 0.6 is 0 Å². The molecule has 3 aromatic rings. The predicted octanol–water partition coefficient (Wildman–Crippen LogP) is 3.45. The maximum absolute atomic E-state index is 12.4. The number of carbonyl (C=O) groups excluding carboxylic acids is 1. The minimum atomic E-state index is -0.298. The van der Waals surface area contributed by atoms with Crippen LogP contribution < -0.4 is 15.4 Å². The van der Waals surface area contributed by atoms with E-state index in [1.165, 1.54) is 0 Å². The maximum Gasteiger partial charge on any atom is 0.270 e. The number of aryl methyl sites for hydroxylation is 1. The molecule has 0 saturated heterocycles. The van der Waals surface area contributed by atoms with Crippen molar-refractivity contribution in [3.05, 3.63) is 65.9 Å². The predicted molar refractivity (Wildman–Crippen MR) is 97.5 cm³/mol. The van der Waals surface area contributed by atoms with Crippen molar-refractivity contribution in [2.24, 2.45) is 0 Å². The lowest BCUT2D eigenvalue weighted by Crippen LogP contribution is -2.24. The Morgan fingerprint density at radius 1 is 1.19 bits per heavy atom. The SMILES string of the molecule is CCOc1ccccc1Nc1nc(C)cc(C(=O)NCc2ccco2)n1. The molecular weight excluding hydrogens is 332 g/mol. The van der Waals surface area contributed by atoms with Crippen molar-refractivity contribution in [1.82, 2.24) is 15.3 Å². The molecule has 7 nitrogen and oxygen atoms in total. The molecule has 2 aromatic heterocycles. The van der Waals surface area contributed by atoms with E-state index in [-0.39, 0.29) is 11.6 Å². The maximum atomic E-state index is 12.4. The van der Waals surface area contributed by atoms with Crippen molar-refractivity contribution in [3.63, 3.8) is 0 Å². The topological polar surface area (TPSA) is 89.3 Å². The molecule has 7 heteroatoms. The van der Waals surface area contributed by atoms with Crippen LogP contribution in [0.3, 0.4) is 0 Å². The van der Waals surface area contributed by atoms with Crippen LogP contribution in [0.15, 0.2) is 53.1 Å². The highest BCUT2D eigenvalue weighted by Gasteiger charge is 2.12. The second-order valence-electron chi connectivity index (χ2n) is 5.53. The molecule has 0 fully saturated rings. The van der Waals surface area contributed by atoms with Crippen molar-refractivity contribution < 1.29 is 13.9 Å². The Labute approximate surface area is 151 Å². The fourth-order valence-corrected chi connectivity index (χ4v) is 2.38. The van der Waals surface area contributed by atoms with Gasteiger partial charge in [-0.3, -0.25) is 4.79 Å². The molecule has 0 aliphatic rings. The van der Waals surface area contributed by atoms with Crippen molar-refractivity contribution in [2.45, 2.75) is 20.4 Å². The van der Waals surface area contributed by atoms with Gasteiger partial charge in [0.15, 0.2) is 0 Å². The van der Waals surface area contributed by atoms with E-state index in [0.717, 1.165) is 5.69 Å². The standard InChI is InChI=1S/C19H20N4O3/c1-3-25-17-9-5-4-8-15(17)22-19-21-13(2)11-16(23-19)18(24)20-12-14-7-6-10-26-14/h4-11H,3,12H2,1-2H3,(H,20,24)(H,21,22,23). The number of hydrogen-bond donors (Lipinski definition) is 2. The van der Waals surface area contributed by atoms with E-state index >= 15 is 0 Å². The van der Waals surface area contributed by atoms with Gasteiger partial charge >= 0.3 is 0 Å². The van der Waals surface area contributed by atoms with Crippen LogP contribution in [0.25, 0.3) is 0 Å². The number of benzene rings is 1. The summed E-state index contributed by atoms with van der Waals surface area (Å²) in [5, 5.41) is 5.89. The van der Waals surface area contributed by atoms with E-state index < -0.39 is 0 Å². The molecule has 0 aliphatic heterocycles. The van der Waals surface area contributed by atoms with Gasteiger partial charge in [-0.15, -0.1) is 0 Å². The molecule has 0 aliphatic carbocycles. The molecule has 0 spiro atoms. The lowest BCUT2D eigenvalue weighted by molar-refractivity contribution is 0.0943. The fraction of sp³-hybridized carbons (Fsp3) is 0.211. The van der Waals surface area contributed by atoms with Gasteiger partial charge in [0.1, 0.15) is 17.2 Å². The van der Waals surface area contributed by atoms with Crippen LogP contribution in [-0.2, 0) is 6.54 Å². The van der Waals surface area contributed by atoms with Crippen LogP contribution in [0.2, 0.25) is 0 Å². The highest BCUT2D eigenvalue weighted by molar-refractivity contribution is 5.92. The van der Waals surface area contributed by atoms with E-state index in [1.54, 1.807) is 24.5 Å². The molecule has 0 radical (unpaired) electrons. The summed E-state index contributed by atoms with van der Waals surface area (Å²) in [6, 6.07) is 12.7. The molecule has 134 valence electrons. The van der Waals surface area contributed by atoms with Gasteiger partial charge < -0.3 is 19.8 Å². The van der Waals surface area contributed by atoms with E-state index in [0.29, 0.717) is 36.3 Å². The number of aromatic nitrogens is 2. The monoisotopic (exact) mass is 352 g/mol. The molecular formula is C19H20N4O3. The Hall–Kier alpha value is -3.35. The Bertz CT molecular complexity index is 878. The van der Waals surface area contributed by atoms with Crippen LogP contribution in [0.1, 0.15) is 28.9 Å². The van der Waals surface area contributed by atoms with Crippen molar-refractivity contribution in [2.75, 3.05) is 11.9 Å². The van der Waals surface area contributed by atoms with Crippen molar-refractivity contribution >= 4 is 17.5 Å². The minimum absolute atomic E-state index is 0.278.